The van der Waals surface area contributed by atoms with Crippen LogP contribution in [0.15, 0.2) is 54.6 Å². The molecule has 0 radical (unpaired) electrons. The van der Waals surface area contributed by atoms with Crippen LogP contribution in [-0.4, -0.2) is 49.4 Å². The van der Waals surface area contributed by atoms with E-state index in [2.05, 4.69) is 10.6 Å². The lowest BCUT2D eigenvalue weighted by molar-refractivity contribution is -0.126. The molecule has 1 unspecified atom stereocenters. The molecule has 2 aromatic carbocycles. The molecule has 0 aromatic heterocycles. The van der Waals surface area contributed by atoms with Gasteiger partial charge in [0, 0.05) is 49.6 Å². The average Bonchev–Trinajstić information content (AvgIpc) is 2.87. The van der Waals surface area contributed by atoms with Crippen LogP contribution < -0.4 is 15.4 Å². The van der Waals surface area contributed by atoms with E-state index in [1.54, 1.807) is 24.1 Å². The quantitative estimate of drug-likeness (QED) is 0.753. The highest BCUT2D eigenvalue weighted by molar-refractivity contribution is 5.94. The minimum absolute atomic E-state index is 0.0506. The van der Waals surface area contributed by atoms with Gasteiger partial charge in [-0.15, -0.1) is 0 Å². The van der Waals surface area contributed by atoms with E-state index in [-0.39, 0.29) is 30.1 Å². The predicted molar refractivity (Wildman–Crippen MR) is 122 cm³/mol. The molecule has 0 aliphatic carbocycles. The smallest absolute Gasteiger partial charge is 0.253 e. The molecule has 2 N–H and O–H groups in total. The van der Waals surface area contributed by atoms with E-state index < -0.39 is 0 Å². The second-order valence-electron chi connectivity index (χ2n) is 7.92. The molecule has 7 nitrogen and oxygen atoms in total. The summed E-state index contributed by atoms with van der Waals surface area (Å²) < 4.78 is 5.35. The van der Waals surface area contributed by atoms with Crippen molar-refractivity contribution >= 4 is 17.7 Å². The van der Waals surface area contributed by atoms with Crippen LogP contribution in [0.1, 0.15) is 41.6 Å². The Morgan fingerprint density at radius 3 is 2.59 bits per heavy atom. The SMILES string of the molecule is COc1ccccc1CNC(=O)C1CCCN(C(=O)c2ccccc2)CCC(=O)NCC1. The summed E-state index contributed by atoms with van der Waals surface area (Å²) in [5.41, 5.74) is 1.52. The van der Waals surface area contributed by atoms with E-state index in [1.165, 1.54) is 0 Å². The predicted octanol–water partition coefficient (Wildman–Crippen LogP) is 2.76. The van der Waals surface area contributed by atoms with Crippen molar-refractivity contribution in [2.45, 2.75) is 32.2 Å². The highest BCUT2D eigenvalue weighted by Gasteiger charge is 2.22. The summed E-state index contributed by atoms with van der Waals surface area (Å²) in [6.07, 6.45) is 2.16. The van der Waals surface area contributed by atoms with Gasteiger partial charge >= 0.3 is 0 Å². The molecular weight excluding hydrogens is 406 g/mol. The van der Waals surface area contributed by atoms with Crippen LogP contribution in [0.4, 0.5) is 0 Å². The number of nitrogens with one attached hydrogen (secondary N) is 2. The van der Waals surface area contributed by atoms with Gasteiger partial charge in [-0.2, -0.15) is 0 Å². The zero-order chi connectivity index (χ0) is 22.8. The number of carbonyl (C=O) groups is 3. The normalized spacial score (nSPS) is 17.6. The number of hydrogen-bond acceptors (Lipinski definition) is 4. The Hall–Kier alpha value is -3.35. The number of nitrogens with zero attached hydrogens (tertiary/aromatic N) is 1. The van der Waals surface area contributed by atoms with Gasteiger partial charge in [-0.05, 0) is 37.5 Å². The van der Waals surface area contributed by atoms with E-state index in [0.29, 0.717) is 51.0 Å². The molecule has 7 heteroatoms. The molecule has 0 bridgehead atoms. The van der Waals surface area contributed by atoms with Gasteiger partial charge in [0.1, 0.15) is 5.75 Å². The Bertz CT molecular complexity index is 916. The van der Waals surface area contributed by atoms with Gasteiger partial charge in [-0.3, -0.25) is 14.4 Å². The first-order valence-electron chi connectivity index (χ1n) is 11.1. The molecule has 1 heterocycles. The number of ether oxygens (including phenoxy) is 1. The van der Waals surface area contributed by atoms with Crippen molar-refractivity contribution in [3.05, 3.63) is 65.7 Å². The number of para-hydroxylation sites is 1. The van der Waals surface area contributed by atoms with Crippen molar-refractivity contribution in [1.29, 1.82) is 0 Å². The number of amides is 3. The third-order valence-electron chi connectivity index (χ3n) is 5.73. The van der Waals surface area contributed by atoms with Crippen molar-refractivity contribution in [3.8, 4) is 5.75 Å². The first-order chi connectivity index (χ1) is 15.6. The van der Waals surface area contributed by atoms with Gasteiger partial charge in [0.25, 0.3) is 5.91 Å². The molecule has 2 aromatic rings. The molecule has 0 spiro atoms. The van der Waals surface area contributed by atoms with Gasteiger partial charge in [-0.1, -0.05) is 36.4 Å². The summed E-state index contributed by atoms with van der Waals surface area (Å²) in [7, 11) is 1.61. The summed E-state index contributed by atoms with van der Waals surface area (Å²) >= 11 is 0. The van der Waals surface area contributed by atoms with E-state index in [0.717, 1.165) is 11.3 Å². The standard InChI is InChI=1S/C25H31N3O4/c1-32-22-12-6-5-10-21(22)18-27-24(30)19-11-7-16-28(17-14-23(29)26-15-13-19)25(31)20-8-3-2-4-9-20/h2-6,8-10,12,19H,7,11,13-18H2,1H3,(H,26,29)(H,27,30). The monoisotopic (exact) mass is 437 g/mol. The Kier molecular flexibility index (Phi) is 8.66. The van der Waals surface area contributed by atoms with Gasteiger partial charge in [0.15, 0.2) is 0 Å². The molecule has 32 heavy (non-hydrogen) atoms. The molecule has 1 aliphatic heterocycles. The zero-order valence-electron chi connectivity index (χ0n) is 18.5. The maximum atomic E-state index is 12.9. The number of carbonyl (C=O) groups excluding carboxylic acids is 3. The van der Waals surface area contributed by atoms with E-state index in [4.69, 9.17) is 4.74 Å². The lowest BCUT2D eigenvalue weighted by Crippen LogP contribution is -2.35. The van der Waals surface area contributed by atoms with Crippen molar-refractivity contribution in [2.24, 2.45) is 5.92 Å². The fraction of sp³-hybridized carbons (Fsp3) is 0.400. The second kappa shape index (κ2) is 11.9. The Labute approximate surface area is 189 Å². The van der Waals surface area contributed by atoms with Gasteiger partial charge < -0.3 is 20.3 Å². The molecule has 1 aliphatic rings. The van der Waals surface area contributed by atoms with Crippen LogP contribution in [0, 0.1) is 5.92 Å². The van der Waals surface area contributed by atoms with Crippen LogP contribution in [-0.2, 0) is 16.1 Å². The fourth-order valence-electron chi connectivity index (χ4n) is 3.90. The van der Waals surface area contributed by atoms with Crippen LogP contribution in [0.2, 0.25) is 0 Å². The molecule has 3 rings (SSSR count). The Morgan fingerprint density at radius 1 is 1.06 bits per heavy atom. The molecule has 0 saturated carbocycles. The van der Waals surface area contributed by atoms with Crippen molar-refractivity contribution in [1.82, 2.24) is 15.5 Å². The lowest BCUT2D eigenvalue weighted by atomic mass is 9.97. The average molecular weight is 438 g/mol. The summed E-state index contributed by atoms with van der Waals surface area (Å²) in [5.74, 6) is 0.250. The van der Waals surface area contributed by atoms with Gasteiger partial charge in [0.05, 0.1) is 7.11 Å². The molecule has 170 valence electrons. The van der Waals surface area contributed by atoms with Gasteiger partial charge in [0.2, 0.25) is 11.8 Å². The maximum Gasteiger partial charge on any atom is 0.253 e. The Balaban J connectivity index is 1.62. The Morgan fingerprint density at radius 2 is 1.81 bits per heavy atom. The van der Waals surface area contributed by atoms with Crippen molar-refractivity contribution in [3.63, 3.8) is 0 Å². The van der Waals surface area contributed by atoms with Crippen LogP contribution in [0.25, 0.3) is 0 Å². The first-order valence-corrected chi connectivity index (χ1v) is 11.1. The van der Waals surface area contributed by atoms with Crippen molar-refractivity contribution in [2.75, 3.05) is 26.7 Å². The second-order valence-corrected chi connectivity index (χ2v) is 7.92. The summed E-state index contributed by atoms with van der Waals surface area (Å²) in [4.78, 5) is 39.7. The third-order valence-corrected chi connectivity index (χ3v) is 5.73. The summed E-state index contributed by atoms with van der Waals surface area (Å²) in [5, 5.41) is 5.88. The molecular formula is C25H31N3O4. The minimum atomic E-state index is -0.239. The molecule has 1 saturated heterocycles. The maximum absolute atomic E-state index is 12.9. The number of methoxy groups -OCH3 is 1. The highest BCUT2D eigenvalue weighted by Crippen LogP contribution is 2.18. The van der Waals surface area contributed by atoms with E-state index in [1.807, 2.05) is 42.5 Å². The van der Waals surface area contributed by atoms with Gasteiger partial charge in [-0.25, -0.2) is 0 Å². The van der Waals surface area contributed by atoms with Crippen LogP contribution in [0.5, 0.6) is 5.75 Å². The first kappa shape index (κ1) is 23.3. The van der Waals surface area contributed by atoms with Crippen LogP contribution in [0.3, 0.4) is 0 Å². The lowest BCUT2D eigenvalue weighted by Gasteiger charge is -2.23. The number of benzene rings is 2. The summed E-state index contributed by atoms with van der Waals surface area (Å²) in [6.45, 7) is 1.70. The molecule has 3 amide bonds. The largest absolute Gasteiger partial charge is 0.496 e. The zero-order valence-corrected chi connectivity index (χ0v) is 18.5. The number of hydrogen-bond donors (Lipinski definition) is 2. The molecule has 1 fully saturated rings. The number of rotatable bonds is 5. The fourth-order valence-corrected chi connectivity index (χ4v) is 3.90. The topological polar surface area (TPSA) is 87.7 Å². The van der Waals surface area contributed by atoms with E-state index in [9.17, 15) is 14.4 Å². The summed E-state index contributed by atoms with van der Waals surface area (Å²) in [6, 6.07) is 16.7. The highest BCUT2D eigenvalue weighted by atomic mass is 16.5. The van der Waals surface area contributed by atoms with Crippen molar-refractivity contribution < 1.29 is 19.1 Å². The van der Waals surface area contributed by atoms with Crippen LogP contribution >= 0.6 is 0 Å². The van der Waals surface area contributed by atoms with E-state index >= 15 is 0 Å². The third kappa shape index (κ3) is 6.57. The minimum Gasteiger partial charge on any atom is -0.496 e. The molecule has 1 atom stereocenters.